The van der Waals surface area contributed by atoms with Crippen LogP contribution in [0.15, 0.2) is 24.3 Å². The van der Waals surface area contributed by atoms with E-state index in [-0.39, 0.29) is 35.3 Å². The van der Waals surface area contributed by atoms with Crippen LogP contribution in [0.3, 0.4) is 0 Å². The topological polar surface area (TPSA) is 119 Å². The van der Waals surface area contributed by atoms with Gasteiger partial charge in [0.25, 0.3) is 0 Å². The molecule has 0 saturated carbocycles. The Morgan fingerprint density at radius 3 is 2.54 bits per heavy atom. The van der Waals surface area contributed by atoms with Crippen LogP contribution < -0.4 is 25.3 Å². The van der Waals surface area contributed by atoms with Crippen molar-refractivity contribution in [2.45, 2.75) is 27.2 Å². The number of hydrogen-bond donors (Lipinski definition) is 2. The summed E-state index contributed by atoms with van der Waals surface area (Å²) in [6.45, 7) is 6.08. The molecule has 3 N–H and O–H groups in total. The summed E-state index contributed by atoms with van der Waals surface area (Å²) in [6.07, 6.45) is 0.0475. The molecule has 8 heteroatoms. The predicted molar refractivity (Wildman–Crippen MR) is 108 cm³/mol. The van der Waals surface area contributed by atoms with E-state index < -0.39 is 0 Å². The number of aromatic nitrogens is 1. The van der Waals surface area contributed by atoms with Gasteiger partial charge in [-0.15, -0.1) is 0 Å². The first-order chi connectivity index (χ1) is 13.5. The number of pyridine rings is 1. The molecule has 0 spiro atoms. The van der Waals surface area contributed by atoms with Crippen LogP contribution in [0.2, 0.25) is 0 Å². The van der Waals surface area contributed by atoms with Crippen LogP contribution in [0.1, 0.15) is 31.9 Å². The highest BCUT2D eigenvalue weighted by molar-refractivity contribution is 5.92. The number of carbonyl (C=O) groups is 1. The van der Waals surface area contributed by atoms with Gasteiger partial charge in [-0.25, -0.2) is 0 Å². The van der Waals surface area contributed by atoms with Crippen LogP contribution in [-0.4, -0.2) is 31.7 Å². The van der Waals surface area contributed by atoms with Crippen LogP contribution in [0.5, 0.6) is 17.4 Å². The van der Waals surface area contributed by atoms with Crippen molar-refractivity contribution in [3.8, 4) is 23.4 Å². The van der Waals surface area contributed by atoms with Crippen molar-refractivity contribution in [2.24, 2.45) is 0 Å². The normalized spacial score (nSPS) is 9.43. The zero-order valence-corrected chi connectivity index (χ0v) is 16.8. The van der Waals surface area contributed by atoms with Gasteiger partial charge in [-0.2, -0.15) is 10.2 Å². The van der Waals surface area contributed by atoms with Crippen LogP contribution in [-0.2, 0) is 11.2 Å². The third-order valence-corrected chi connectivity index (χ3v) is 3.52. The molecule has 1 aromatic carbocycles. The second-order valence-corrected chi connectivity index (χ2v) is 5.22. The monoisotopic (exact) mass is 386 g/mol. The summed E-state index contributed by atoms with van der Waals surface area (Å²) >= 11 is 0. The summed E-state index contributed by atoms with van der Waals surface area (Å²) in [5.41, 5.74) is 6.83. The van der Waals surface area contributed by atoms with Gasteiger partial charge in [0.15, 0.2) is 0 Å². The maximum Gasteiger partial charge on any atom is 0.235 e. The average molecular weight is 386 g/mol. The minimum Gasteiger partial charge on any atom is -0.497 e. The molecule has 28 heavy (non-hydrogen) atoms. The maximum atomic E-state index is 12.4. The molecule has 0 radical (unpaired) electrons. The molecule has 1 amide bonds. The van der Waals surface area contributed by atoms with E-state index in [9.17, 15) is 4.79 Å². The van der Waals surface area contributed by atoms with E-state index in [2.05, 4.69) is 10.3 Å². The van der Waals surface area contributed by atoms with E-state index >= 15 is 0 Å². The third-order valence-electron chi connectivity index (χ3n) is 3.52. The first kappa shape index (κ1) is 22.6. The van der Waals surface area contributed by atoms with Gasteiger partial charge in [-0.1, -0.05) is 13.8 Å². The Balaban J connectivity index is 0.00000190. The minimum absolute atomic E-state index is 0.0475. The number of hydrogen-bond acceptors (Lipinski definition) is 7. The molecule has 0 aliphatic carbocycles. The Morgan fingerprint density at radius 2 is 1.96 bits per heavy atom. The number of benzene rings is 1. The standard InChI is InChI=1S/C18H20N4O4.C2H6/c1-4-26-18-13(10-19)14(20)9-16(22-18)21-17(23)8-11-7-12(24-2)5-6-15(11)25-3;1-2/h5-7,9H,4,8H2,1-3H3,(H3,20,21,22,23);1-2H3. The number of carbonyl (C=O) groups excluding carboxylic acids is 1. The van der Waals surface area contributed by atoms with E-state index in [1.165, 1.54) is 13.2 Å². The summed E-state index contributed by atoms with van der Waals surface area (Å²) in [5, 5.41) is 11.8. The number of amides is 1. The fourth-order valence-electron chi connectivity index (χ4n) is 2.34. The van der Waals surface area contributed by atoms with Crippen LogP contribution >= 0.6 is 0 Å². The Bertz CT molecular complexity index is 847. The average Bonchev–Trinajstić information content (AvgIpc) is 2.69. The zero-order valence-electron chi connectivity index (χ0n) is 16.8. The summed E-state index contributed by atoms with van der Waals surface area (Å²) in [6, 6.07) is 8.56. The number of nitrogen functional groups attached to an aromatic ring is 1. The van der Waals surface area contributed by atoms with Gasteiger partial charge in [-0.3, -0.25) is 4.79 Å². The Hall–Kier alpha value is -3.47. The fourth-order valence-corrected chi connectivity index (χ4v) is 2.34. The SMILES string of the molecule is CC.CCOc1nc(NC(=O)Cc2cc(OC)ccc2OC)cc(N)c1C#N. The van der Waals surface area contributed by atoms with Gasteiger partial charge in [0.1, 0.15) is 28.9 Å². The maximum absolute atomic E-state index is 12.4. The molecule has 150 valence electrons. The molecule has 2 aromatic rings. The Kier molecular flexibility index (Phi) is 9.10. The lowest BCUT2D eigenvalue weighted by molar-refractivity contribution is -0.115. The van der Waals surface area contributed by atoms with Gasteiger partial charge in [0.2, 0.25) is 11.8 Å². The molecule has 0 saturated heterocycles. The first-order valence-electron chi connectivity index (χ1n) is 8.86. The van der Waals surface area contributed by atoms with Crippen molar-refractivity contribution >= 4 is 17.4 Å². The number of anilines is 2. The number of methoxy groups -OCH3 is 2. The Labute approximate surface area is 165 Å². The molecule has 2 rings (SSSR count). The van der Waals surface area contributed by atoms with E-state index in [4.69, 9.17) is 25.2 Å². The van der Waals surface area contributed by atoms with Crippen molar-refractivity contribution in [1.29, 1.82) is 5.26 Å². The van der Waals surface area contributed by atoms with Crippen LogP contribution in [0.4, 0.5) is 11.5 Å². The third kappa shape index (κ3) is 5.77. The van der Waals surface area contributed by atoms with E-state index in [1.807, 2.05) is 19.9 Å². The molecule has 8 nitrogen and oxygen atoms in total. The molecule has 0 atom stereocenters. The summed E-state index contributed by atoms with van der Waals surface area (Å²) in [5.74, 6) is 1.16. The van der Waals surface area contributed by atoms with E-state index in [1.54, 1.807) is 32.2 Å². The highest BCUT2D eigenvalue weighted by atomic mass is 16.5. The minimum atomic E-state index is -0.324. The van der Waals surface area contributed by atoms with Crippen molar-refractivity contribution in [3.05, 3.63) is 35.4 Å². The van der Waals surface area contributed by atoms with E-state index in [0.29, 0.717) is 23.7 Å². The number of rotatable bonds is 7. The second-order valence-electron chi connectivity index (χ2n) is 5.22. The molecule has 0 bridgehead atoms. The highest BCUT2D eigenvalue weighted by Gasteiger charge is 2.15. The molecule has 0 unspecified atom stereocenters. The Morgan fingerprint density at radius 1 is 1.25 bits per heavy atom. The van der Waals surface area contributed by atoms with E-state index in [0.717, 1.165) is 0 Å². The van der Waals surface area contributed by atoms with Crippen molar-refractivity contribution in [2.75, 3.05) is 31.9 Å². The lowest BCUT2D eigenvalue weighted by Gasteiger charge is -2.12. The molecular weight excluding hydrogens is 360 g/mol. The quantitative estimate of drug-likeness (QED) is 0.750. The summed E-state index contributed by atoms with van der Waals surface area (Å²) < 4.78 is 15.8. The van der Waals surface area contributed by atoms with Gasteiger partial charge in [0.05, 0.1) is 32.9 Å². The number of nitriles is 1. The number of nitrogens with two attached hydrogens (primary N) is 1. The lowest BCUT2D eigenvalue weighted by atomic mass is 10.1. The number of nitrogens with zero attached hydrogens (tertiary/aromatic N) is 2. The predicted octanol–water partition coefficient (Wildman–Crippen LogP) is 3.16. The smallest absolute Gasteiger partial charge is 0.235 e. The molecule has 0 fully saturated rings. The second kappa shape index (κ2) is 11.3. The van der Waals surface area contributed by atoms with Crippen LogP contribution in [0, 0.1) is 11.3 Å². The van der Waals surface area contributed by atoms with Crippen molar-refractivity contribution in [1.82, 2.24) is 4.98 Å². The summed E-state index contributed by atoms with van der Waals surface area (Å²) in [7, 11) is 3.07. The number of nitrogens with one attached hydrogen (secondary N) is 1. The van der Waals surface area contributed by atoms with Crippen molar-refractivity contribution in [3.63, 3.8) is 0 Å². The van der Waals surface area contributed by atoms with Crippen LogP contribution in [0.25, 0.3) is 0 Å². The van der Waals surface area contributed by atoms with Crippen molar-refractivity contribution < 1.29 is 19.0 Å². The van der Waals surface area contributed by atoms with Gasteiger partial charge in [-0.05, 0) is 25.1 Å². The first-order valence-corrected chi connectivity index (χ1v) is 8.86. The largest absolute Gasteiger partial charge is 0.497 e. The molecule has 0 aliphatic rings. The fraction of sp³-hybridized carbons (Fsp3) is 0.350. The highest BCUT2D eigenvalue weighted by Crippen LogP contribution is 2.27. The molecular formula is C20H26N4O4. The number of ether oxygens (including phenoxy) is 3. The molecule has 1 aromatic heterocycles. The molecule has 1 heterocycles. The van der Waals surface area contributed by atoms with Gasteiger partial charge in [0, 0.05) is 11.6 Å². The zero-order chi connectivity index (χ0) is 21.1. The van der Waals surface area contributed by atoms with Gasteiger partial charge >= 0.3 is 0 Å². The van der Waals surface area contributed by atoms with Gasteiger partial charge < -0.3 is 25.3 Å². The molecule has 0 aliphatic heterocycles. The summed E-state index contributed by atoms with van der Waals surface area (Å²) in [4.78, 5) is 16.5. The lowest BCUT2D eigenvalue weighted by Crippen LogP contribution is -2.17.